The predicted octanol–water partition coefficient (Wildman–Crippen LogP) is 1.92. The van der Waals surface area contributed by atoms with E-state index in [4.69, 9.17) is 0 Å². The number of carbonyl (C=O) groups excluding carboxylic acids is 1. The second-order valence-electron chi connectivity index (χ2n) is 5.97. The van der Waals surface area contributed by atoms with Gasteiger partial charge in [0.25, 0.3) is 0 Å². The number of fused-ring (bicyclic) bond motifs is 1. The summed E-state index contributed by atoms with van der Waals surface area (Å²) in [6.07, 6.45) is 1.31. The van der Waals surface area contributed by atoms with Gasteiger partial charge in [-0.15, -0.1) is 0 Å². The molecule has 134 valence electrons. The number of aromatic nitrogens is 1. The van der Waals surface area contributed by atoms with E-state index in [0.29, 0.717) is 13.1 Å². The van der Waals surface area contributed by atoms with Crippen molar-refractivity contribution in [1.82, 2.24) is 9.47 Å². The Labute approximate surface area is 142 Å². The summed E-state index contributed by atoms with van der Waals surface area (Å²) < 4.78 is 43.7. The smallest absolute Gasteiger partial charge is 0.219 e. The largest absolute Gasteiger partial charge is 0.363 e. The molecule has 1 aromatic carbocycles. The standard InChI is InChI=1S/C17H18F3N3O2/c1-11(24)21-6-8-23(9-7-21)17-13(19)10-12-14(25)2-4-22(5-3-18)16(12)15(17)20/h2,4,10H,3,5-9H2,1H3. The molecule has 0 spiro atoms. The quantitative estimate of drug-likeness (QED) is 0.847. The summed E-state index contributed by atoms with van der Waals surface area (Å²) in [5.74, 6) is -1.80. The van der Waals surface area contributed by atoms with E-state index in [-0.39, 0.29) is 42.1 Å². The summed E-state index contributed by atoms with van der Waals surface area (Å²) in [5.41, 5.74) is -0.861. The van der Waals surface area contributed by atoms with E-state index in [1.807, 2.05) is 0 Å². The Morgan fingerprint density at radius 2 is 1.88 bits per heavy atom. The number of pyridine rings is 1. The SMILES string of the molecule is CC(=O)N1CCN(c2c(F)cc3c(=O)ccn(CCF)c3c2F)CC1. The first-order valence-electron chi connectivity index (χ1n) is 8.01. The fourth-order valence-corrected chi connectivity index (χ4v) is 3.20. The number of carbonyl (C=O) groups is 1. The highest BCUT2D eigenvalue weighted by molar-refractivity contribution is 5.84. The van der Waals surface area contributed by atoms with Crippen LogP contribution in [0, 0.1) is 11.6 Å². The topological polar surface area (TPSA) is 45.6 Å². The van der Waals surface area contributed by atoms with Crippen molar-refractivity contribution in [3.05, 3.63) is 40.2 Å². The number of rotatable bonds is 3. The zero-order chi connectivity index (χ0) is 18.1. The van der Waals surface area contributed by atoms with Crippen molar-refractivity contribution in [2.45, 2.75) is 13.5 Å². The Balaban J connectivity index is 2.09. The van der Waals surface area contributed by atoms with Gasteiger partial charge in [0.1, 0.15) is 18.2 Å². The van der Waals surface area contributed by atoms with E-state index in [1.54, 1.807) is 4.90 Å². The molecule has 8 heteroatoms. The van der Waals surface area contributed by atoms with E-state index < -0.39 is 23.7 Å². The molecule has 0 radical (unpaired) electrons. The van der Waals surface area contributed by atoms with Gasteiger partial charge < -0.3 is 14.4 Å². The number of hydrogen-bond acceptors (Lipinski definition) is 3. The maximum Gasteiger partial charge on any atom is 0.219 e. The number of hydrogen-bond donors (Lipinski definition) is 0. The van der Waals surface area contributed by atoms with Gasteiger partial charge in [-0.2, -0.15) is 0 Å². The van der Waals surface area contributed by atoms with Crippen molar-refractivity contribution >= 4 is 22.5 Å². The molecular weight excluding hydrogens is 335 g/mol. The van der Waals surface area contributed by atoms with Gasteiger partial charge in [-0.05, 0) is 6.07 Å². The van der Waals surface area contributed by atoms with Crippen LogP contribution in [0.2, 0.25) is 0 Å². The molecule has 1 saturated heterocycles. The highest BCUT2D eigenvalue weighted by Crippen LogP contribution is 2.30. The van der Waals surface area contributed by atoms with E-state index in [1.165, 1.54) is 28.7 Å². The molecule has 1 aliphatic rings. The minimum atomic E-state index is -0.877. The lowest BCUT2D eigenvalue weighted by atomic mass is 10.1. The van der Waals surface area contributed by atoms with E-state index >= 15 is 4.39 Å². The third kappa shape index (κ3) is 3.08. The van der Waals surface area contributed by atoms with Crippen LogP contribution in [0.3, 0.4) is 0 Å². The van der Waals surface area contributed by atoms with Crippen LogP contribution in [0.1, 0.15) is 6.92 Å². The molecule has 0 N–H and O–H groups in total. The Kier molecular flexibility index (Phi) is 4.69. The Morgan fingerprint density at radius 1 is 1.20 bits per heavy atom. The first kappa shape index (κ1) is 17.3. The molecular formula is C17H18F3N3O2. The fourth-order valence-electron chi connectivity index (χ4n) is 3.20. The van der Waals surface area contributed by atoms with Crippen molar-refractivity contribution < 1.29 is 18.0 Å². The van der Waals surface area contributed by atoms with Crippen molar-refractivity contribution in [2.24, 2.45) is 0 Å². The monoisotopic (exact) mass is 353 g/mol. The summed E-state index contributed by atoms with van der Waals surface area (Å²) in [6.45, 7) is 1.86. The molecule has 25 heavy (non-hydrogen) atoms. The van der Waals surface area contributed by atoms with E-state index in [9.17, 15) is 18.4 Å². The zero-order valence-electron chi connectivity index (χ0n) is 13.8. The van der Waals surface area contributed by atoms with Gasteiger partial charge in [0.05, 0.1) is 17.4 Å². The van der Waals surface area contributed by atoms with Gasteiger partial charge in [-0.3, -0.25) is 9.59 Å². The van der Waals surface area contributed by atoms with Crippen LogP contribution >= 0.6 is 0 Å². The van der Waals surface area contributed by atoms with Gasteiger partial charge in [-0.1, -0.05) is 0 Å². The molecule has 0 saturated carbocycles. The molecule has 2 aromatic rings. The average molecular weight is 353 g/mol. The number of nitrogens with zero attached hydrogens (tertiary/aromatic N) is 3. The minimum Gasteiger partial charge on any atom is -0.363 e. The first-order valence-corrected chi connectivity index (χ1v) is 8.01. The number of benzene rings is 1. The molecule has 2 heterocycles. The molecule has 0 unspecified atom stereocenters. The van der Waals surface area contributed by atoms with Crippen molar-refractivity contribution in [1.29, 1.82) is 0 Å². The van der Waals surface area contributed by atoms with E-state index in [0.717, 1.165) is 6.07 Å². The molecule has 3 rings (SSSR count). The summed E-state index contributed by atoms with van der Waals surface area (Å²) in [7, 11) is 0. The molecule has 1 aromatic heterocycles. The van der Waals surface area contributed by atoms with Crippen molar-refractivity contribution in [2.75, 3.05) is 37.8 Å². The van der Waals surface area contributed by atoms with Crippen molar-refractivity contribution in [3.63, 3.8) is 0 Å². The lowest BCUT2D eigenvalue weighted by Gasteiger charge is -2.36. The van der Waals surface area contributed by atoms with Gasteiger partial charge in [0, 0.05) is 45.4 Å². The second-order valence-corrected chi connectivity index (χ2v) is 5.97. The van der Waals surface area contributed by atoms with Gasteiger partial charge in [0.15, 0.2) is 11.2 Å². The maximum absolute atomic E-state index is 15.1. The van der Waals surface area contributed by atoms with Gasteiger partial charge in [-0.25, -0.2) is 13.2 Å². The fraction of sp³-hybridized carbons (Fsp3) is 0.412. The summed E-state index contributed by atoms with van der Waals surface area (Å²) in [4.78, 5) is 26.5. The number of amides is 1. The van der Waals surface area contributed by atoms with Gasteiger partial charge in [0.2, 0.25) is 5.91 Å². The van der Waals surface area contributed by atoms with Crippen LogP contribution in [0.4, 0.5) is 18.9 Å². The van der Waals surface area contributed by atoms with Crippen LogP contribution < -0.4 is 10.3 Å². The minimum absolute atomic E-state index is 0.0871. The summed E-state index contributed by atoms with van der Waals surface area (Å²) in [6, 6.07) is 2.17. The number of halogens is 3. The van der Waals surface area contributed by atoms with Crippen LogP contribution in [-0.2, 0) is 11.3 Å². The molecule has 1 amide bonds. The van der Waals surface area contributed by atoms with Crippen LogP contribution in [-0.4, -0.2) is 48.2 Å². The lowest BCUT2D eigenvalue weighted by molar-refractivity contribution is -0.129. The normalized spacial score (nSPS) is 15.0. The molecule has 0 bridgehead atoms. The molecule has 0 aliphatic carbocycles. The maximum atomic E-state index is 15.1. The summed E-state index contributed by atoms with van der Waals surface area (Å²) in [5, 5.41) is -0.114. The Bertz CT molecular complexity index is 874. The number of piperazine rings is 1. The molecule has 0 atom stereocenters. The predicted molar refractivity (Wildman–Crippen MR) is 88.6 cm³/mol. The first-order chi connectivity index (χ1) is 11.9. The Hall–Kier alpha value is -2.51. The van der Waals surface area contributed by atoms with Crippen LogP contribution in [0.15, 0.2) is 23.1 Å². The highest BCUT2D eigenvalue weighted by Gasteiger charge is 2.26. The third-order valence-corrected chi connectivity index (χ3v) is 4.49. The van der Waals surface area contributed by atoms with Crippen LogP contribution in [0.25, 0.3) is 10.9 Å². The van der Waals surface area contributed by atoms with Crippen LogP contribution in [0.5, 0.6) is 0 Å². The lowest BCUT2D eigenvalue weighted by Crippen LogP contribution is -2.48. The third-order valence-electron chi connectivity index (χ3n) is 4.49. The van der Waals surface area contributed by atoms with E-state index in [2.05, 4.69) is 0 Å². The molecule has 1 fully saturated rings. The number of aryl methyl sites for hydroxylation is 1. The average Bonchev–Trinajstić information content (AvgIpc) is 2.58. The number of alkyl halides is 1. The van der Waals surface area contributed by atoms with Gasteiger partial charge >= 0.3 is 0 Å². The van der Waals surface area contributed by atoms with Crippen molar-refractivity contribution in [3.8, 4) is 0 Å². The Morgan fingerprint density at radius 3 is 2.48 bits per heavy atom. The number of anilines is 1. The highest BCUT2D eigenvalue weighted by atomic mass is 19.1. The summed E-state index contributed by atoms with van der Waals surface area (Å²) >= 11 is 0. The zero-order valence-corrected chi connectivity index (χ0v) is 13.8. The second kappa shape index (κ2) is 6.78. The molecule has 1 aliphatic heterocycles. The molecule has 5 nitrogen and oxygen atoms in total.